The number of hydrogen-bond donors (Lipinski definition) is 0. The van der Waals surface area contributed by atoms with Gasteiger partial charge in [0.05, 0.1) is 11.2 Å². The van der Waals surface area contributed by atoms with E-state index in [9.17, 15) is 0 Å². The molecule has 46 heavy (non-hydrogen) atoms. The fraction of sp³-hybridized carbons (Fsp3) is 0. The van der Waals surface area contributed by atoms with Crippen LogP contribution in [0.1, 0.15) is 0 Å². The van der Waals surface area contributed by atoms with Crippen LogP contribution in [0.3, 0.4) is 0 Å². The summed E-state index contributed by atoms with van der Waals surface area (Å²) in [6.45, 7) is 0. The first-order valence-corrected chi connectivity index (χ1v) is 15.6. The second-order valence-corrected chi connectivity index (χ2v) is 11.9. The lowest BCUT2D eigenvalue weighted by Gasteiger charge is -2.16. The van der Waals surface area contributed by atoms with Crippen molar-refractivity contribution in [3.05, 3.63) is 170 Å². The van der Waals surface area contributed by atoms with Crippen molar-refractivity contribution in [1.82, 2.24) is 9.97 Å². The standard InChI is InChI=1S/C44H28N2/c1-3-9-34-25-36(19-15-29(34)7-1)40-27-42-41(33-17-13-31(14-18-33)32-21-23-45-24-22-32)28-43(46-44(42)39-12-6-5-11-38(39)40)37-20-16-30-8-2-4-10-35(30)26-37/h1-28H. The lowest BCUT2D eigenvalue weighted by Crippen LogP contribution is -1.93. The first kappa shape index (κ1) is 26.3. The summed E-state index contributed by atoms with van der Waals surface area (Å²) < 4.78 is 0. The molecule has 9 aromatic rings. The van der Waals surface area contributed by atoms with Gasteiger partial charge in [0.1, 0.15) is 0 Å². The molecule has 0 saturated carbocycles. The summed E-state index contributed by atoms with van der Waals surface area (Å²) in [5.41, 5.74) is 10.2. The Labute approximate surface area is 267 Å². The second-order valence-electron chi connectivity index (χ2n) is 11.9. The lowest BCUT2D eigenvalue weighted by molar-refractivity contribution is 1.33. The van der Waals surface area contributed by atoms with Gasteiger partial charge in [-0.15, -0.1) is 0 Å². The quantitative estimate of drug-likeness (QED) is 0.192. The Morgan fingerprint density at radius 2 is 0.848 bits per heavy atom. The van der Waals surface area contributed by atoms with E-state index in [0.29, 0.717) is 0 Å². The van der Waals surface area contributed by atoms with Crippen LogP contribution in [-0.2, 0) is 0 Å². The lowest BCUT2D eigenvalue weighted by atomic mass is 9.90. The van der Waals surface area contributed by atoms with Crippen LogP contribution in [0.4, 0.5) is 0 Å². The normalized spacial score (nSPS) is 11.5. The topological polar surface area (TPSA) is 25.8 Å². The summed E-state index contributed by atoms with van der Waals surface area (Å²) in [5.74, 6) is 0. The molecule has 0 N–H and O–H groups in total. The minimum absolute atomic E-state index is 0.968. The van der Waals surface area contributed by atoms with Crippen molar-refractivity contribution >= 4 is 43.2 Å². The van der Waals surface area contributed by atoms with Crippen LogP contribution in [-0.4, -0.2) is 9.97 Å². The maximum Gasteiger partial charge on any atom is 0.0794 e. The highest BCUT2D eigenvalue weighted by atomic mass is 14.7. The fourth-order valence-corrected chi connectivity index (χ4v) is 6.77. The Morgan fingerprint density at radius 3 is 1.57 bits per heavy atom. The molecule has 9 rings (SSSR count). The van der Waals surface area contributed by atoms with Crippen LogP contribution >= 0.6 is 0 Å². The SMILES string of the molecule is c1ccc2cc(-c3cc(-c4ccc(-c5ccncc5)cc4)c4cc(-c5ccc6ccccc6c5)c5ccccc5c4n3)ccc2c1. The number of rotatable bonds is 4. The monoisotopic (exact) mass is 584 g/mol. The van der Waals surface area contributed by atoms with Crippen LogP contribution in [0.15, 0.2) is 170 Å². The second kappa shape index (κ2) is 10.8. The summed E-state index contributed by atoms with van der Waals surface area (Å²) in [6, 6.07) is 56.8. The van der Waals surface area contributed by atoms with E-state index in [-0.39, 0.29) is 0 Å². The third-order valence-corrected chi connectivity index (χ3v) is 9.13. The van der Waals surface area contributed by atoms with Gasteiger partial charge >= 0.3 is 0 Å². The van der Waals surface area contributed by atoms with Gasteiger partial charge in [-0.25, -0.2) is 4.98 Å². The molecule has 0 aliphatic heterocycles. The summed E-state index contributed by atoms with van der Waals surface area (Å²) >= 11 is 0. The molecule has 214 valence electrons. The van der Waals surface area contributed by atoms with Crippen LogP contribution in [0.25, 0.3) is 87.9 Å². The van der Waals surface area contributed by atoms with E-state index < -0.39 is 0 Å². The maximum atomic E-state index is 5.41. The highest BCUT2D eigenvalue weighted by Gasteiger charge is 2.16. The van der Waals surface area contributed by atoms with Gasteiger partial charge in [-0.3, -0.25) is 4.98 Å². The summed E-state index contributed by atoms with van der Waals surface area (Å²) in [4.78, 5) is 9.60. The highest BCUT2D eigenvalue weighted by molar-refractivity contribution is 6.16. The Morgan fingerprint density at radius 1 is 0.326 bits per heavy atom. The van der Waals surface area contributed by atoms with Crippen molar-refractivity contribution in [2.45, 2.75) is 0 Å². The molecular formula is C44H28N2. The molecular weight excluding hydrogens is 556 g/mol. The van der Waals surface area contributed by atoms with Gasteiger partial charge in [-0.1, -0.05) is 121 Å². The van der Waals surface area contributed by atoms with Crippen LogP contribution in [0, 0.1) is 0 Å². The zero-order chi connectivity index (χ0) is 30.5. The molecule has 0 bridgehead atoms. The minimum Gasteiger partial charge on any atom is -0.265 e. The fourth-order valence-electron chi connectivity index (χ4n) is 6.77. The average molecular weight is 585 g/mol. The van der Waals surface area contributed by atoms with Crippen molar-refractivity contribution in [2.75, 3.05) is 0 Å². The van der Waals surface area contributed by atoms with Gasteiger partial charge in [-0.2, -0.15) is 0 Å². The molecule has 2 nitrogen and oxygen atoms in total. The van der Waals surface area contributed by atoms with E-state index in [1.807, 2.05) is 12.4 Å². The molecule has 0 unspecified atom stereocenters. The van der Waals surface area contributed by atoms with Crippen LogP contribution in [0.5, 0.6) is 0 Å². The Balaban J connectivity index is 1.32. The highest BCUT2D eigenvalue weighted by Crippen LogP contribution is 2.41. The van der Waals surface area contributed by atoms with E-state index in [2.05, 4.69) is 163 Å². The molecule has 0 aliphatic carbocycles. The van der Waals surface area contributed by atoms with E-state index in [0.717, 1.165) is 38.7 Å². The molecule has 0 fully saturated rings. The molecule has 2 aromatic heterocycles. The van der Waals surface area contributed by atoms with Crippen molar-refractivity contribution in [3.63, 3.8) is 0 Å². The van der Waals surface area contributed by atoms with Gasteiger partial charge in [-0.05, 0) is 96.7 Å². The molecule has 0 radical (unpaired) electrons. The van der Waals surface area contributed by atoms with E-state index >= 15 is 0 Å². The molecule has 0 saturated heterocycles. The van der Waals surface area contributed by atoms with Gasteiger partial charge in [0.25, 0.3) is 0 Å². The van der Waals surface area contributed by atoms with Gasteiger partial charge < -0.3 is 0 Å². The number of hydrogen-bond acceptors (Lipinski definition) is 2. The molecule has 2 heteroatoms. The largest absolute Gasteiger partial charge is 0.265 e. The third kappa shape index (κ3) is 4.51. The van der Waals surface area contributed by atoms with Gasteiger partial charge in [0.15, 0.2) is 0 Å². The molecule has 2 heterocycles. The van der Waals surface area contributed by atoms with Crippen LogP contribution < -0.4 is 0 Å². The average Bonchev–Trinajstić information content (AvgIpc) is 3.14. The minimum atomic E-state index is 0.968. The predicted octanol–water partition coefficient (Wildman–Crippen LogP) is 11.8. The van der Waals surface area contributed by atoms with Gasteiger partial charge in [0, 0.05) is 28.7 Å². The summed E-state index contributed by atoms with van der Waals surface area (Å²) in [5, 5.41) is 8.41. The van der Waals surface area contributed by atoms with E-state index in [4.69, 9.17) is 4.98 Å². The number of aromatic nitrogens is 2. The summed E-state index contributed by atoms with van der Waals surface area (Å²) in [7, 11) is 0. The first-order valence-electron chi connectivity index (χ1n) is 15.6. The Kier molecular flexibility index (Phi) is 6.17. The molecule has 0 aliphatic rings. The number of benzene rings is 7. The number of pyridine rings is 2. The smallest absolute Gasteiger partial charge is 0.0794 e. The third-order valence-electron chi connectivity index (χ3n) is 9.13. The van der Waals surface area contributed by atoms with Crippen molar-refractivity contribution < 1.29 is 0 Å². The van der Waals surface area contributed by atoms with Crippen molar-refractivity contribution in [3.8, 4) is 44.6 Å². The molecule has 0 spiro atoms. The predicted molar refractivity (Wildman–Crippen MR) is 194 cm³/mol. The van der Waals surface area contributed by atoms with Crippen LogP contribution in [0.2, 0.25) is 0 Å². The number of fused-ring (bicyclic) bond motifs is 5. The van der Waals surface area contributed by atoms with E-state index in [1.165, 1.54) is 49.2 Å². The first-order chi connectivity index (χ1) is 22.8. The van der Waals surface area contributed by atoms with Crippen molar-refractivity contribution in [2.24, 2.45) is 0 Å². The zero-order valence-electron chi connectivity index (χ0n) is 25.1. The summed E-state index contributed by atoms with van der Waals surface area (Å²) in [6.07, 6.45) is 3.68. The Hall–Kier alpha value is -6.12. The van der Waals surface area contributed by atoms with E-state index in [1.54, 1.807) is 0 Å². The molecule has 0 atom stereocenters. The van der Waals surface area contributed by atoms with Gasteiger partial charge in [0.2, 0.25) is 0 Å². The molecule has 0 amide bonds. The number of nitrogens with zero attached hydrogens (tertiary/aromatic N) is 2. The maximum absolute atomic E-state index is 5.41. The van der Waals surface area contributed by atoms with Crippen molar-refractivity contribution in [1.29, 1.82) is 0 Å². The Bertz CT molecular complexity index is 2570. The zero-order valence-corrected chi connectivity index (χ0v) is 25.1. The molecule has 7 aromatic carbocycles.